The summed E-state index contributed by atoms with van der Waals surface area (Å²) in [6.45, 7) is 5.74. The van der Waals surface area contributed by atoms with E-state index in [4.69, 9.17) is 4.74 Å². The first-order valence-corrected chi connectivity index (χ1v) is 12.9. The van der Waals surface area contributed by atoms with Gasteiger partial charge in [0.25, 0.3) is 17.6 Å². The number of fused-ring (bicyclic) bond motifs is 2. The van der Waals surface area contributed by atoms with Gasteiger partial charge in [0.2, 0.25) is 0 Å². The zero-order valence-corrected chi connectivity index (χ0v) is 22.0. The molecule has 0 bridgehead atoms. The number of Topliss-reactive ketones (excluding diaryl/α,β-unsaturated/α-hetero) is 1. The van der Waals surface area contributed by atoms with Gasteiger partial charge < -0.3 is 24.5 Å². The van der Waals surface area contributed by atoms with Crippen LogP contribution in [0.4, 0.5) is 5.69 Å². The van der Waals surface area contributed by atoms with Crippen LogP contribution in [-0.2, 0) is 19.9 Å². The van der Waals surface area contributed by atoms with E-state index >= 15 is 0 Å². The van der Waals surface area contributed by atoms with Crippen molar-refractivity contribution in [3.8, 4) is 5.75 Å². The van der Waals surface area contributed by atoms with Crippen molar-refractivity contribution in [3.05, 3.63) is 65.2 Å². The van der Waals surface area contributed by atoms with Crippen LogP contribution in [0.3, 0.4) is 0 Å². The van der Waals surface area contributed by atoms with E-state index in [1.54, 1.807) is 41.3 Å². The summed E-state index contributed by atoms with van der Waals surface area (Å²) < 4.78 is 5.50. The zero-order chi connectivity index (χ0) is 26.7. The molecule has 2 aromatic carbocycles. The summed E-state index contributed by atoms with van der Waals surface area (Å²) in [7, 11) is 3.86. The number of rotatable bonds is 10. The number of carbonyl (C=O) groups excluding carboxylic acids is 3. The number of nitrogens with zero attached hydrogens (tertiary/aromatic N) is 3. The van der Waals surface area contributed by atoms with Gasteiger partial charge in [-0.25, -0.2) is 0 Å². The van der Waals surface area contributed by atoms with Crippen LogP contribution in [0.1, 0.15) is 44.2 Å². The monoisotopic (exact) mass is 505 g/mol. The van der Waals surface area contributed by atoms with E-state index in [9.17, 15) is 19.5 Å². The molecule has 2 aromatic rings. The van der Waals surface area contributed by atoms with Gasteiger partial charge in [-0.3, -0.25) is 14.4 Å². The number of ether oxygens (including phenoxy) is 1. The van der Waals surface area contributed by atoms with Crippen LogP contribution in [0, 0.1) is 0 Å². The van der Waals surface area contributed by atoms with Crippen molar-refractivity contribution in [2.75, 3.05) is 45.2 Å². The van der Waals surface area contributed by atoms with Crippen LogP contribution in [0.2, 0.25) is 0 Å². The maximum absolute atomic E-state index is 14.4. The average molecular weight is 506 g/mol. The van der Waals surface area contributed by atoms with E-state index in [0.29, 0.717) is 48.7 Å². The molecule has 2 aliphatic heterocycles. The van der Waals surface area contributed by atoms with Gasteiger partial charge in [0, 0.05) is 24.2 Å². The average Bonchev–Trinajstić information content (AvgIpc) is 3.26. The van der Waals surface area contributed by atoms with Crippen LogP contribution in [-0.4, -0.2) is 72.8 Å². The molecule has 0 aliphatic carbocycles. The molecule has 1 fully saturated rings. The Balaban J connectivity index is 1.94. The van der Waals surface area contributed by atoms with Crippen molar-refractivity contribution in [2.24, 2.45) is 0 Å². The van der Waals surface area contributed by atoms with Crippen molar-refractivity contribution in [1.29, 1.82) is 0 Å². The minimum atomic E-state index is -1.71. The predicted molar refractivity (Wildman–Crippen MR) is 142 cm³/mol. The third kappa shape index (κ3) is 4.39. The van der Waals surface area contributed by atoms with E-state index < -0.39 is 17.2 Å². The van der Waals surface area contributed by atoms with E-state index in [2.05, 4.69) is 0 Å². The first-order valence-electron chi connectivity index (χ1n) is 12.9. The van der Waals surface area contributed by atoms with Crippen LogP contribution in [0.5, 0.6) is 5.75 Å². The first-order chi connectivity index (χ1) is 17.8. The number of carbonyl (C=O) groups is 3. The van der Waals surface area contributed by atoms with E-state index in [-0.39, 0.29) is 23.8 Å². The maximum Gasteiger partial charge on any atom is 0.296 e. The molecular weight excluding hydrogens is 470 g/mol. The second kappa shape index (κ2) is 10.8. The van der Waals surface area contributed by atoms with Gasteiger partial charge in [0.05, 0.1) is 17.9 Å². The number of hydrogen-bond acceptors (Lipinski definition) is 6. The van der Waals surface area contributed by atoms with Crippen molar-refractivity contribution < 1.29 is 24.2 Å². The lowest BCUT2D eigenvalue weighted by molar-refractivity contribution is -0.143. The van der Waals surface area contributed by atoms with E-state index in [1.807, 2.05) is 45.0 Å². The summed E-state index contributed by atoms with van der Waals surface area (Å²) in [4.78, 5) is 46.6. The number of likely N-dealkylation sites (tertiary alicyclic amines) is 1. The summed E-state index contributed by atoms with van der Waals surface area (Å²) >= 11 is 0. The number of anilines is 1. The van der Waals surface area contributed by atoms with Crippen molar-refractivity contribution >= 4 is 29.0 Å². The summed E-state index contributed by atoms with van der Waals surface area (Å²) in [5.41, 5.74) is -0.340. The predicted octanol–water partition coefficient (Wildman–Crippen LogP) is 3.76. The minimum absolute atomic E-state index is 0.178. The largest absolute Gasteiger partial charge is 0.507 e. The molecule has 37 heavy (non-hydrogen) atoms. The van der Waals surface area contributed by atoms with Gasteiger partial charge in [-0.05, 0) is 70.7 Å². The highest BCUT2D eigenvalue weighted by Gasteiger charge is 2.66. The van der Waals surface area contributed by atoms with Crippen LogP contribution < -0.4 is 9.64 Å². The van der Waals surface area contributed by atoms with Crippen LogP contribution in [0.25, 0.3) is 5.76 Å². The SMILES string of the molecule is CCCCN1C(=O)C2(C(=C(O)c3ccc(OCC)cc3)C(=O)C(=O)N2CCCN(C)C)c2ccccc21. The fourth-order valence-electron chi connectivity index (χ4n) is 5.27. The normalized spacial score (nSPS) is 20.4. The number of aliphatic hydroxyl groups excluding tert-OH is 1. The first kappa shape index (κ1) is 26.4. The lowest BCUT2D eigenvalue weighted by Gasteiger charge is -2.34. The van der Waals surface area contributed by atoms with Gasteiger partial charge in [0.1, 0.15) is 11.5 Å². The smallest absolute Gasteiger partial charge is 0.296 e. The minimum Gasteiger partial charge on any atom is -0.507 e. The second-order valence-corrected chi connectivity index (χ2v) is 9.66. The Kier molecular flexibility index (Phi) is 7.68. The van der Waals surface area contributed by atoms with E-state index in [1.165, 1.54) is 4.90 Å². The Morgan fingerprint density at radius 3 is 2.32 bits per heavy atom. The molecule has 1 saturated heterocycles. The highest BCUT2D eigenvalue weighted by atomic mass is 16.5. The van der Waals surface area contributed by atoms with Crippen molar-refractivity contribution in [1.82, 2.24) is 9.80 Å². The summed E-state index contributed by atoms with van der Waals surface area (Å²) in [5, 5.41) is 11.6. The topological polar surface area (TPSA) is 90.4 Å². The number of ketones is 1. The molecule has 2 heterocycles. The second-order valence-electron chi connectivity index (χ2n) is 9.66. The molecule has 0 radical (unpaired) electrons. The molecular formula is C29H35N3O5. The highest BCUT2D eigenvalue weighted by Crippen LogP contribution is 2.53. The van der Waals surface area contributed by atoms with Crippen molar-refractivity contribution in [2.45, 2.75) is 38.6 Å². The Bertz CT molecular complexity index is 1220. The van der Waals surface area contributed by atoms with Crippen LogP contribution >= 0.6 is 0 Å². The lowest BCUT2D eigenvalue weighted by Crippen LogP contribution is -2.52. The molecule has 0 saturated carbocycles. The van der Waals surface area contributed by atoms with E-state index in [0.717, 1.165) is 12.8 Å². The lowest BCUT2D eigenvalue weighted by atomic mass is 9.82. The molecule has 2 amide bonds. The molecule has 1 spiro atoms. The molecule has 196 valence electrons. The third-order valence-corrected chi connectivity index (χ3v) is 6.97. The van der Waals surface area contributed by atoms with Crippen LogP contribution in [0.15, 0.2) is 54.1 Å². The number of aliphatic hydroxyl groups is 1. The van der Waals surface area contributed by atoms with Gasteiger partial charge in [0.15, 0.2) is 5.54 Å². The summed E-state index contributed by atoms with van der Waals surface area (Å²) in [6, 6.07) is 13.9. The third-order valence-electron chi connectivity index (χ3n) is 6.97. The summed E-state index contributed by atoms with van der Waals surface area (Å²) in [5.74, 6) is -1.75. The molecule has 1 N–H and O–H groups in total. The van der Waals surface area contributed by atoms with Gasteiger partial charge >= 0.3 is 0 Å². The molecule has 8 heteroatoms. The Hall–Kier alpha value is -3.65. The fraction of sp³-hybridized carbons (Fsp3) is 0.414. The number of unbranched alkanes of at least 4 members (excludes halogenated alkanes) is 1. The summed E-state index contributed by atoms with van der Waals surface area (Å²) in [6.07, 6.45) is 2.21. The highest BCUT2D eigenvalue weighted by molar-refractivity contribution is 6.50. The maximum atomic E-state index is 14.4. The molecule has 0 aromatic heterocycles. The number of benzene rings is 2. The Labute approximate surface area is 218 Å². The number of amides is 2. The van der Waals surface area contributed by atoms with Crippen molar-refractivity contribution in [3.63, 3.8) is 0 Å². The van der Waals surface area contributed by atoms with Gasteiger partial charge in [-0.2, -0.15) is 0 Å². The number of para-hydroxylation sites is 1. The molecule has 8 nitrogen and oxygen atoms in total. The molecule has 4 rings (SSSR count). The Morgan fingerprint density at radius 1 is 0.973 bits per heavy atom. The molecule has 2 aliphatic rings. The fourth-order valence-corrected chi connectivity index (χ4v) is 5.27. The van der Waals surface area contributed by atoms with Gasteiger partial charge in [-0.15, -0.1) is 0 Å². The number of hydrogen-bond donors (Lipinski definition) is 1. The molecule has 1 atom stereocenters. The van der Waals surface area contributed by atoms with Gasteiger partial charge in [-0.1, -0.05) is 31.5 Å². The quantitative estimate of drug-likeness (QED) is 0.300. The molecule has 1 unspecified atom stereocenters. The standard InChI is InChI=1S/C29H35N3O5/c1-5-7-18-31-23-12-9-8-11-22(23)29(28(31)36)24(25(33)20-13-15-21(16-14-20)37-6-2)26(34)27(35)32(29)19-10-17-30(3)4/h8-9,11-16,33H,5-7,10,17-19H2,1-4H3. The zero-order valence-electron chi connectivity index (χ0n) is 22.0. The Morgan fingerprint density at radius 2 is 1.68 bits per heavy atom.